The van der Waals surface area contributed by atoms with Crippen LogP contribution in [0, 0.1) is 0 Å². The van der Waals surface area contributed by atoms with E-state index in [1.54, 1.807) is 0 Å². The lowest BCUT2D eigenvalue weighted by molar-refractivity contribution is -0.137. The Hall–Kier alpha value is -1.75. The first-order valence-electron chi connectivity index (χ1n) is 6.05. The molecule has 2 aromatic rings. The second-order valence-electron chi connectivity index (χ2n) is 4.60. The molecule has 1 aliphatic heterocycles. The minimum atomic E-state index is -4.44. The molecule has 0 saturated carbocycles. The van der Waals surface area contributed by atoms with E-state index >= 15 is 0 Å². The fourth-order valence-corrected chi connectivity index (χ4v) is 2.52. The number of rotatable bonds is 1. The Kier molecular flexibility index (Phi) is 3.09. The zero-order chi connectivity index (χ0) is 14.3. The number of halogens is 4. The molecule has 1 aromatic heterocycles. The predicted molar refractivity (Wildman–Crippen MR) is 71.9 cm³/mol. The average molecular weight is 299 g/mol. The molecule has 1 aliphatic rings. The van der Waals surface area contributed by atoms with Gasteiger partial charge in [0.1, 0.15) is 0 Å². The van der Waals surface area contributed by atoms with Gasteiger partial charge in [0.25, 0.3) is 0 Å². The molecule has 0 saturated heterocycles. The second-order valence-corrected chi connectivity index (χ2v) is 5.01. The van der Waals surface area contributed by atoms with Crippen LogP contribution in [0.3, 0.4) is 0 Å². The van der Waals surface area contributed by atoms with E-state index in [-0.39, 0.29) is 5.02 Å². The van der Waals surface area contributed by atoms with Crippen molar-refractivity contribution >= 4 is 17.3 Å². The number of nitrogens with zero attached hydrogens (tertiary/aromatic N) is 1. The third-order valence-electron chi connectivity index (χ3n) is 3.26. The van der Waals surface area contributed by atoms with Gasteiger partial charge in [-0.1, -0.05) is 23.7 Å². The first-order valence-corrected chi connectivity index (χ1v) is 6.43. The van der Waals surface area contributed by atoms with Gasteiger partial charge in [-0.25, -0.2) is 0 Å². The normalized spacial score (nSPS) is 14.0. The average Bonchev–Trinajstić information content (AvgIpc) is 2.84. The maximum atomic E-state index is 12.6. The highest BCUT2D eigenvalue weighted by molar-refractivity contribution is 6.33. The van der Waals surface area contributed by atoms with Crippen LogP contribution in [0.15, 0.2) is 30.5 Å². The van der Waals surface area contributed by atoms with Crippen molar-refractivity contribution in [3.63, 3.8) is 0 Å². The number of pyridine rings is 1. The van der Waals surface area contributed by atoms with Crippen molar-refractivity contribution in [2.75, 3.05) is 11.9 Å². The molecule has 0 radical (unpaired) electrons. The van der Waals surface area contributed by atoms with Crippen LogP contribution in [0.2, 0.25) is 5.02 Å². The zero-order valence-corrected chi connectivity index (χ0v) is 11.0. The molecule has 0 unspecified atom stereocenters. The van der Waals surface area contributed by atoms with Gasteiger partial charge in [0.05, 0.1) is 16.3 Å². The van der Waals surface area contributed by atoms with Crippen LogP contribution in [0.25, 0.3) is 11.3 Å². The molecule has 0 bridgehead atoms. The molecular weight excluding hydrogens is 289 g/mol. The molecule has 0 spiro atoms. The number of nitrogens with one attached hydrogen (secondary N) is 1. The van der Waals surface area contributed by atoms with Gasteiger partial charge in [-0.15, -0.1) is 0 Å². The second kappa shape index (κ2) is 4.66. The van der Waals surface area contributed by atoms with Crippen LogP contribution >= 0.6 is 11.6 Å². The van der Waals surface area contributed by atoms with Crippen molar-refractivity contribution < 1.29 is 13.2 Å². The summed E-state index contributed by atoms with van der Waals surface area (Å²) in [5.41, 5.74) is 2.40. The van der Waals surface area contributed by atoms with Gasteiger partial charge in [-0.3, -0.25) is 4.98 Å². The highest BCUT2D eigenvalue weighted by atomic mass is 35.5. The summed E-state index contributed by atoms with van der Waals surface area (Å²) in [6.07, 6.45) is -2.68. The van der Waals surface area contributed by atoms with Gasteiger partial charge < -0.3 is 5.32 Å². The molecule has 1 aromatic carbocycles. The smallest absolute Gasteiger partial charge is 0.384 e. The Morgan fingerprint density at radius 1 is 1.20 bits per heavy atom. The summed E-state index contributed by atoms with van der Waals surface area (Å²) in [4.78, 5) is 3.86. The maximum Gasteiger partial charge on any atom is 0.417 e. The third kappa shape index (κ3) is 2.33. The molecule has 0 aliphatic carbocycles. The Morgan fingerprint density at radius 2 is 2.00 bits per heavy atom. The molecule has 2 nitrogen and oxygen atoms in total. The summed E-state index contributed by atoms with van der Waals surface area (Å²) >= 11 is 5.94. The van der Waals surface area contributed by atoms with Crippen molar-refractivity contribution in [2.45, 2.75) is 12.6 Å². The van der Waals surface area contributed by atoms with E-state index in [9.17, 15) is 13.2 Å². The summed E-state index contributed by atoms with van der Waals surface area (Å²) in [5.74, 6) is 0. The number of alkyl halides is 3. The lowest BCUT2D eigenvalue weighted by Crippen LogP contribution is -2.05. The van der Waals surface area contributed by atoms with E-state index < -0.39 is 11.7 Å². The SMILES string of the molecule is FC(F)(F)c1cnc(-c2ccc3c(c2)NCC3)c(Cl)c1. The molecule has 0 amide bonds. The Labute approximate surface area is 118 Å². The standard InChI is InChI=1S/C14H10ClF3N2/c15-11-6-10(14(16,17)18)7-20-13(11)9-2-1-8-3-4-19-12(8)5-9/h1-2,5-7,19H,3-4H2. The Morgan fingerprint density at radius 3 is 2.70 bits per heavy atom. The summed E-state index contributed by atoms with van der Waals surface area (Å²) in [6, 6.07) is 6.54. The van der Waals surface area contributed by atoms with Gasteiger partial charge >= 0.3 is 6.18 Å². The number of fused-ring (bicyclic) bond motifs is 1. The van der Waals surface area contributed by atoms with E-state index in [1.807, 2.05) is 18.2 Å². The molecule has 3 rings (SSSR count). The lowest BCUT2D eigenvalue weighted by atomic mass is 10.1. The molecule has 6 heteroatoms. The summed E-state index contributed by atoms with van der Waals surface area (Å²) in [7, 11) is 0. The highest BCUT2D eigenvalue weighted by Crippen LogP contribution is 2.35. The number of benzene rings is 1. The largest absolute Gasteiger partial charge is 0.417 e. The van der Waals surface area contributed by atoms with Gasteiger partial charge in [-0.2, -0.15) is 13.2 Å². The number of hydrogen-bond donors (Lipinski definition) is 1. The van der Waals surface area contributed by atoms with Gasteiger partial charge in [0.15, 0.2) is 0 Å². The van der Waals surface area contributed by atoms with Gasteiger partial charge in [0, 0.05) is 24.0 Å². The Bertz CT molecular complexity index is 668. The number of anilines is 1. The monoisotopic (exact) mass is 298 g/mol. The van der Waals surface area contributed by atoms with Crippen molar-refractivity contribution in [1.29, 1.82) is 0 Å². The first-order chi connectivity index (χ1) is 9.45. The van der Waals surface area contributed by atoms with E-state index in [0.29, 0.717) is 11.3 Å². The van der Waals surface area contributed by atoms with Gasteiger partial charge in [-0.05, 0) is 24.1 Å². The number of hydrogen-bond acceptors (Lipinski definition) is 2. The summed E-state index contributed by atoms with van der Waals surface area (Å²) in [5, 5.41) is 3.21. The lowest BCUT2D eigenvalue weighted by Gasteiger charge is -2.10. The molecule has 104 valence electrons. The molecule has 20 heavy (non-hydrogen) atoms. The minimum Gasteiger partial charge on any atom is -0.384 e. The predicted octanol–water partition coefficient (Wildman–Crippen LogP) is 4.39. The van der Waals surface area contributed by atoms with E-state index in [2.05, 4.69) is 10.3 Å². The van der Waals surface area contributed by atoms with Crippen LogP contribution in [-0.2, 0) is 12.6 Å². The first kappa shape index (κ1) is 13.2. The van der Waals surface area contributed by atoms with E-state index in [1.165, 1.54) is 5.56 Å². The number of aromatic nitrogens is 1. The Balaban J connectivity index is 2.03. The molecule has 1 N–H and O–H groups in total. The zero-order valence-electron chi connectivity index (χ0n) is 10.3. The van der Waals surface area contributed by atoms with E-state index in [4.69, 9.17) is 11.6 Å². The van der Waals surface area contributed by atoms with Crippen molar-refractivity contribution in [2.24, 2.45) is 0 Å². The summed E-state index contributed by atoms with van der Waals surface area (Å²) < 4.78 is 37.7. The van der Waals surface area contributed by atoms with Crippen molar-refractivity contribution in [3.8, 4) is 11.3 Å². The molecule has 0 fully saturated rings. The molecular formula is C14H10ClF3N2. The van der Waals surface area contributed by atoms with Crippen LogP contribution in [0.1, 0.15) is 11.1 Å². The summed E-state index contributed by atoms with van der Waals surface area (Å²) in [6.45, 7) is 0.868. The quantitative estimate of drug-likeness (QED) is 0.844. The fourth-order valence-electron chi connectivity index (χ4n) is 2.24. The molecule has 2 heterocycles. The minimum absolute atomic E-state index is 0.00206. The van der Waals surface area contributed by atoms with Crippen molar-refractivity contribution in [3.05, 3.63) is 46.6 Å². The molecule has 0 atom stereocenters. The van der Waals surface area contributed by atoms with Crippen LogP contribution in [-0.4, -0.2) is 11.5 Å². The van der Waals surface area contributed by atoms with Gasteiger partial charge in [0.2, 0.25) is 0 Å². The maximum absolute atomic E-state index is 12.6. The topological polar surface area (TPSA) is 24.9 Å². The van der Waals surface area contributed by atoms with Crippen LogP contribution < -0.4 is 5.32 Å². The van der Waals surface area contributed by atoms with E-state index in [0.717, 1.165) is 30.9 Å². The van der Waals surface area contributed by atoms with Crippen LogP contribution in [0.5, 0.6) is 0 Å². The van der Waals surface area contributed by atoms with Crippen molar-refractivity contribution in [1.82, 2.24) is 4.98 Å². The fraction of sp³-hybridized carbons (Fsp3) is 0.214. The van der Waals surface area contributed by atoms with Crippen LogP contribution in [0.4, 0.5) is 18.9 Å². The third-order valence-corrected chi connectivity index (χ3v) is 3.55. The highest BCUT2D eigenvalue weighted by Gasteiger charge is 2.31.